The Balaban J connectivity index is 1.39. The molecule has 2 aromatic carbocycles. The van der Waals surface area contributed by atoms with Crippen LogP contribution in [0.25, 0.3) is 5.57 Å². The molecule has 1 fully saturated rings. The van der Waals surface area contributed by atoms with E-state index in [0.717, 1.165) is 22.8 Å². The minimum atomic E-state index is -1.34. The molecular formula is C26H28F3N3O4. The number of hydrogen-bond donors (Lipinski definition) is 3. The lowest BCUT2D eigenvalue weighted by molar-refractivity contribution is -0.154. The van der Waals surface area contributed by atoms with Crippen LogP contribution in [0, 0.1) is 17.5 Å². The molecule has 0 spiro atoms. The van der Waals surface area contributed by atoms with Crippen molar-refractivity contribution in [2.24, 2.45) is 5.73 Å². The molecule has 2 aromatic rings. The van der Waals surface area contributed by atoms with Gasteiger partial charge in [-0.05, 0) is 55.0 Å². The average molecular weight is 504 g/mol. The van der Waals surface area contributed by atoms with Gasteiger partial charge in [0.25, 0.3) is 0 Å². The summed E-state index contributed by atoms with van der Waals surface area (Å²) in [5.41, 5.74) is 8.65. The van der Waals surface area contributed by atoms with Gasteiger partial charge in [-0.3, -0.25) is 4.79 Å². The van der Waals surface area contributed by atoms with Crippen molar-refractivity contribution in [3.8, 4) is 5.75 Å². The number of ether oxygens (including phenoxy) is 1. The van der Waals surface area contributed by atoms with Gasteiger partial charge in [-0.1, -0.05) is 30.3 Å². The number of rotatable bonds is 8. The van der Waals surface area contributed by atoms with E-state index in [2.05, 4.69) is 5.32 Å². The Morgan fingerprint density at radius 3 is 2.53 bits per heavy atom. The summed E-state index contributed by atoms with van der Waals surface area (Å²) < 4.78 is 45.7. The number of carbonyl (C=O) groups is 2. The first kappa shape index (κ1) is 25.7. The molecule has 2 aliphatic heterocycles. The van der Waals surface area contributed by atoms with Crippen LogP contribution >= 0.6 is 0 Å². The minimum absolute atomic E-state index is 0.0203. The second-order valence-corrected chi connectivity index (χ2v) is 9.17. The fraction of sp³-hybridized carbons (Fsp3) is 0.385. The van der Waals surface area contributed by atoms with Gasteiger partial charge in [-0.25, -0.2) is 13.6 Å². The van der Waals surface area contributed by atoms with E-state index in [9.17, 15) is 27.9 Å². The van der Waals surface area contributed by atoms with Crippen molar-refractivity contribution >= 4 is 17.4 Å². The highest BCUT2D eigenvalue weighted by Gasteiger charge is 2.44. The van der Waals surface area contributed by atoms with E-state index >= 15 is 0 Å². The molecule has 2 heterocycles. The molecule has 36 heavy (non-hydrogen) atoms. The lowest BCUT2D eigenvalue weighted by Gasteiger charge is -2.46. The van der Waals surface area contributed by atoms with E-state index in [4.69, 9.17) is 10.5 Å². The smallest absolute Gasteiger partial charge is 0.328 e. The fourth-order valence-electron chi connectivity index (χ4n) is 4.74. The maximum atomic E-state index is 13.7. The lowest BCUT2D eigenvalue weighted by atomic mass is 9.85. The van der Waals surface area contributed by atoms with Gasteiger partial charge >= 0.3 is 5.97 Å². The van der Waals surface area contributed by atoms with Gasteiger partial charge in [0, 0.05) is 12.6 Å². The fourth-order valence-corrected chi connectivity index (χ4v) is 4.74. The third kappa shape index (κ3) is 5.39. The molecule has 192 valence electrons. The average Bonchev–Trinajstić information content (AvgIpc) is 2.85. The number of nitrogens with zero attached hydrogens (tertiary/aromatic N) is 1. The maximum absolute atomic E-state index is 13.7. The van der Waals surface area contributed by atoms with Crippen LogP contribution in [0.3, 0.4) is 0 Å². The van der Waals surface area contributed by atoms with E-state index in [-0.39, 0.29) is 25.1 Å². The summed E-state index contributed by atoms with van der Waals surface area (Å²) in [5, 5.41) is 13.1. The van der Waals surface area contributed by atoms with Crippen LogP contribution in [0.2, 0.25) is 0 Å². The molecular weight excluding hydrogens is 475 g/mol. The van der Waals surface area contributed by atoms with E-state index in [0.29, 0.717) is 25.3 Å². The lowest BCUT2D eigenvalue weighted by Crippen LogP contribution is -2.68. The number of halogens is 3. The summed E-state index contributed by atoms with van der Waals surface area (Å²) in [5.74, 6) is -5.64. The van der Waals surface area contributed by atoms with Gasteiger partial charge < -0.3 is 25.8 Å². The third-order valence-electron chi connectivity index (χ3n) is 6.48. The number of fused-ring (bicyclic) bond motifs is 2. The Bertz CT molecular complexity index is 1170. The number of piperazine rings is 1. The molecule has 0 aromatic heterocycles. The van der Waals surface area contributed by atoms with Gasteiger partial charge in [-0.2, -0.15) is 4.39 Å². The molecule has 1 amide bonds. The molecule has 4 rings (SSSR count). The van der Waals surface area contributed by atoms with Gasteiger partial charge in [0.1, 0.15) is 6.04 Å². The van der Waals surface area contributed by atoms with E-state index in [1.165, 1.54) is 4.90 Å². The van der Waals surface area contributed by atoms with E-state index in [1.807, 2.05) is 30.3 Å². The molecule has 2 bridgehead atoms. The standard InChI is InChI=1S/C26H28F3N3O4/c1-14(30)25(33)32-13-18-11-17(12-21(31-18)23(32)26(34)35)16-6-4-15(5-7-16)3-2-10-36-24-20(28)9-8-19(27)22(24)29/h4-9,12,14,18,21,23,31H,2-3,10-11,13,30H2,1H3,(H,34,35)/t14-,18-,21+,23?/m0/s1. The predicted molar refractivity (Wildman–Crippen MR) is 127 cm³/mol. The first-order valence-electron chi connectivity index (χ1n) is 11.8. The zero-order valence-electron chi connectivity index (χ0n) is 19.7. The van der Waals surface area contributed by atoms with Crippen molar-refractivity contribution in [1.82, 2.24) is 10.2 Å². The Hall–Kier alpha value is -3.37. The Morgan fingerprint density at radius 1 is 1.17 bits per heavy atom. The monoisotopic (exact) mass is 503 g/mol. The molecule has 4 N–H and O–H groups in total. The van der Waals surface area contributed by atoms with Crippen LogP contribution in [0.15, 0.2) is 42.5 Å². The molecule has 7 nitrogen and oxygen atoms in total. The zero-order valence-corrected chi connectivity index (χ0v) is 19.7. The first-order valence-corrected chi connectivity index (χ1v) is 11.8. The van der Waals surface area contributed by atoms with Crippen molar-refractivity contribution in [3.05, 3.63) is 71.1 Å². The number of carboxylic acid groups (broad SMARTS) is 1. The van der Waals surface area contributed by atoms with Gasteiger partial charge in [0.15, 0.2) is 17.4 Å². The van der Waals surface area contributed by atoms with Gasteiger partial charge in [0.2, 0.25) is 11.7 Å². The molecule has 4 atom stereocenters. The molecule has 10 heteroatoms. The third-order valence-corrected chi connectivity index (χ3v) is 6.48. The van der Waals surface area contributed by atoms with Crippen LogP contribution < -0.4 is 15.8 Å². The number of carbonyl (C=O) groups excluding carboxylic acids is 1. The Kier molecular flexibility index (Phi) is 7.65. The summed E-state index contributed by atoms with van der Waals surface area (Å²) >= 11 is 0. The summed E-state index contributed by atoms with van der Waals surface area (Å²) in [6.45, 7) is 1.83. The van der Waals surface area contributed by atoms with Crippen molar-refractivity contribution in [2.45, 2.75) is 50.4 Å². The first-order chi connectivity index (χ1) is 17.2. The van der Waals surface area contributed by atoms with Crippen LogP contribution in [0.4, 0.5) is 13.2 Å². The number of aliphatic carboxylic acids is 1. The number of benzene rings is 2. The Morgan fingerprint density at radius 2 is 1.86 bits per heavy atom. The molecule has 1 saturated heterocycles. The number of hydrogen-bond acceptors (Lipinski definition) is 5. The Labute approximate surface area is 206 Å². The van der Waals surface area contributed by atoms with Crippen LogP contribution in [-0.4, -0.2) is 59.2 Å². The summed E-state index contributed by atoms with van der Waals surface area (Å²) in [6, 6.07) is 6.83. The highest BCUT2D eigenvalue weighted by atomic mass is 19.2. The minimum Gasteiger partial charge on any atom is -0.488 e. The number of nitrogens with one attached hydrogen (secondary N) is 1. The molecule has 0 aliphatic carbocycles. The summed E-state index contributed by atoms with van der Waals surface area (Å²) in [6.07, 6.45) is 3.54. The van der Waals surface area contributed by atoms with E-state index < -0.39 is 47.3 Å². The highest BCUT2D eigenvalue weighted by molar-refractivity contribution is 5.88. The quantitative estimate of drug-likeness (QED) is 0.378. The predicted octanol–water partition coefficient (Wildman–Crippen LogP) is 2.87. The zero-order chi connectivity index (χ0) is 26.0. The topological polar surface area (TPSA) is 105 Å². The maximum Gasteiger partial charge on any atom is 0.328 e. The van der Waals surface area contributed by atoms with Crippen LogP contribution in [-0.2, 0) is 16.0 Å². The number of carboxylic acids is 1. The largest absolute Gasteiger partial charge is 0.488 e. The summed E-state index contributed by atoms with van der Waals surface area (Å²) in [7, 11) is 0. The van der Waals surface area contributed by atoms with Gasteiger partial charge in [-0.15, -0.1) is 0 Å². The van der Waals surface area contributed by atoms with Crippen LogP contribution in [0.5, 0.6) is 5.75 Å². The van der Waals surface area contributed by atoms with Crippen molar-refractivity contribution in [2.75, 3.05) is 13.2 Å². The molecule has 1 unspecified atom stereocenters. The summed E-state index contributed by atoms with van der Waals surface area (Å²) in [4.78, 5) is 25.8. The number of aryl methyl sites for hydroxylation is 1. The normalized spacial score (nSPS) is 22.1. The molecule has 2 aliphatic rings. The van der Waals surface area contributed by atoms with Crippen molar-refractivity contribution < 1.29 is 32.6 Å². The molecule has 0 saturated carbocycles. The highest BCUT2D eigenvalue weighted by Crippen LogP contribution is 2.31. The van der Waals surface area contributed by atoms with Gasteiger partial charge in [0.05, 0.1) is 18.7 Å². The molecule has 0 radical (unpaired) electrons. The second-order valence-electron chi connectivity index (χ2n) is 9.17. The number of amides is 1. The number of nitrogens with two attached hydrogens (primary N) is 1. The van der Waals surface area contributed by atoms with Crippen molar-refractivity contribution in [1.29, 1.82) is 0 Å². The van der Waals surface area contributed by atoms with Crippen LogP contribution in [0.1, 0.15) is 30.9 Å². The SMILES string of the molecule is C[C@H](N)C(=O)N1C[C@@H]2CC(c3ccc(CCCOc4c(F)ccc(F)c4F)cc3)=C[C@@H](N2)C1C(=O)O. The van der Waals surface area contributed by atoms with Crippen molar-refractivity contribution in [3.63, 3.8) is 0 Å². The van der Waals surface area contributed by atoms with E-state index in [1.54, 1.807) is 6.92 Å². The second kappa shape index (κ2) is 10.7.